The summed E-state index contributed by atoms with van der Waals surface area (Å²) < 4.78 is 15.3. The van der Waals surface area contributed by atoms with Crippen molar-refractivity contribution in [2.75, 3.05) is 40.5 Å². The molecule has 4 N–H and O–H groups in total. The average molecular weight is 855 g/mol. The molecular formula is C48H54N8O7. The number of hydrogen-bond acceptors (Lipinski definition) is 9. The molecule has 9 rings (SSSR count). The van der Waals surface area contributed by atoms with Crippen LogP contribution in [0, 0.1) is 11.8 Å². The first kappa shape index (κ1) is 41.9. The molecule has 4 atom stereocenters. The molecule has 6 aromatic rings. The van der Waals surface area contributed by atoms with Crippen molar-refractivity contribution in [2.45, 2.75) is 76.5 Å². The number of nitrogens with one attached hydrogen (secondary N) is 4. The zero-order valence-corrected chi connectivity index (χ0v) is 36.1. The lowest BCUT2D eigenvalue weighted by Crippen LogP contribution is -2.53. The number of carbonyl (C=O) groups is 4. The Morgan fingerprint density at radius 1 is 0.714 bits per heavy atom. The minimum Gasteiger partial charge on any atom is -0.453 e. The molecule has 4 aromatic carbocycles. The van der Waals surface area contributed by atoms with Gasteiger partial charge < -0.3 is 44.6 Å². The fourth-order valence-electron chi connectivity index (χ4n) is 9.83. The number of nitrogens with zero attached hydrogens (tertiary/aromatic N) is 4. The van der Waals surface area contributed by atoms with Crippen molar-refractivity contribution < 1.29 is 33.4 Å². The third-order valence-corrected chi connectivity index (χ3v) is 13.2. The molecule has 5 heterocycles. The summed E-state index contributed by atoms with van der Waals surface area (Å²) in [5, 5.41) is 9.80. The predicted molar refractivity (Wildman–Crippen MR) is 239 cm³/mol. The second-order valence-electron chi connectivity index (χ2n) is 17.2. The molecule has 15 heteroatoms. The maximum atomic E-state index is 14.1. The number of rotatable bonds is 10. The molecule has 3 aliphatic heterocycles. The first-order valence-electron chi connectivity index (χ1n) is 22.0. The highest BCUT2D eigenvalue weighted by Crippen LogP contribution is 2.40. The first-order valence-corrected chi connectivity index (χ1v) is 22.0. The number of fused-ring (bicyclic) bond motifs is 6. The molecule has 2 aromatic heterocycles. The van der Waals surface area contributed by atoms with Crippen molar-refractivity contribution >= 4 is 56.6 Å². The second kappa shape index (κ2) is 17.7. The fraction of sp³-hybridized carbons (Fsp3) is 0.417. The number of likely N-dealkylation sites (tertiary alicyclic amines) is 2. The van der Waals surface area contributed by atoms with E-state index in [0.29, 0.717) is 39.1 Å². The number of benzene rings is 4. The second-order valence-corrected chi connectivity index (χ2v) is 17.2. The van der Waals surface area contributed by atoms with E-state index in [2.05, 4.69) is 75.2 Å². The maximum Gasteiger partial charge on any atom is 0.407 e. The highest BCUT2D eigenvalue weighted by atomic mass is 16.5. The average Bonchev–Trinajstić information content (AvgIpc) is 4.16. The minimum atomic E-state index is -0.714. The highest BCUT2D eigenvalue weighted by molar-refractivity contribution is 6.23. The van der Waals surface area contributed by atoms with E-state index < -0.39 is 24.3 Å². The summed E-state index contributed by atoms with van der Waals surface area (Å²) in [6, 6.07) is 21.3. The Kier molecular flexibility index (Phi) is 11.8. The van der Waals surface area contributed by atoms with Crippen LogP contribution in [-0.2, 0) is 23.8 Å². The van der Waals surface area contributed by atoms with Crippen molar-refractivity contribution in [2.24, 2.45) is 11.8 Å². The number of hydrogen-bond donors (Lipinski definition) is 4. The maximum absolute atomic E-state index is 14.1. The lowest BCUT2D eigenvalue weighted by atomic mass is 9.90. The van der Waals surface area contributed by atoms with E-state index >= 15 is 0 Å². The van der Waals surface area contributed by atoms with Gasteiger partial charge >= 0.3 is 12.2 Å². The number of methoxy groups -OCH3 is 2. The Bertz CT molecular complexity index is 2670. The van der Waals surface area contributed by atoms with Crippen LogP contribution in [0.25, 0.3) is 55.0 Å². The SMILES string of the molecule is COC(=O)NC(C(=O)N1CCC[C@H]1c1ncc(-c2ccc(-c3ccc4c(c3)c3ccccc3c3nc([C@@H]5CCCN5C(=O)[C@@H](NC(=O)OC)C(C)C)[nH]c43)cc2)[nH]1)C1CCOCC1. The number of ether oxygens (including phenoxy) is 3. The number of aromatic amines is 2. The van der Waals surface area contributed by atoms with Crippen LogP contribution in [0.1, 0.15) is 76.1 Å². The number of alkyl carbamates (subject to hydrolysis) is 2. The lowest BCUT2D eigenvalue weighted by molar-refractivity contribution is -0.137. The van der Waals surface area contributed by atoms with E-state index in [-0.39, 0.29) is 35.7 Å². The Morgan fingerprint density at radius 2 is 1.35 bits per heavy atom. The normalized spacial score (nSPS) is 19.2. The van der Waals surface area contributed by atoms with E-state index in [4.69, 9.17) is 24.2 Å². The third-order valence-electron chi connectivity index (χ3n) is 13.2. The van der Waals surface area contributed by atoms with E-state index in [1.807, 2.05) is 42.0 Å². The third kappa shape index (κ3) is 8.05. The van der Waals surface area contributed by atoms with Gasteiger partial charge in [0.05, 0.1) is 49.2 Å². The van der Waals surface area contributed by atoms with Crippen LogP contribution in [0.15, 0.2) is 72.9 Å². The molecule has 328 valence electrons. The van der Waals surface area contributed by atoms with Gasteiger partial charge in [-0.1, -0.05) is 74.5 Å². The number of aromatic nitrogens is 4. The van der Waals surface area contributed by atoms with E-state index in [1.165, 1.54) is 14.2 Å². The Balaban J connectivity index is 0.968. The van der Waals surface area contributed by atoms with Crippen molar-refractivity contribution in [3.05, 3.63) is 84.6 Å². The van der Waals surface area contributed by atoms with Crippen LogP contribution in [0.5, 0.6) is 0 Å². The molecule has 0 bridgehead atoms. The van der Waals surface area contributed by atoms with Crippen molar-refractivity contribution in [1.29, 1.82) is 0 Å². The molecule has 63 heavy (non-hydrogen) atoms. The Labute approximate surface area is 365 Å². The van der Waals surface area contributed by atoms with Gasteiger partial charge in [0, 0.05) is 37.1 Å². The van der Waals surface area contributed by atoms with Gasteiger partial charge in [0.2, 0.25) is 11.8 Å². The zero-order chi connectivity index (χ0) is 43.8. The molecule has 15 nitrogen and oxygen atoms in total. The Morgan fingerprint density at radius 3 is 2.05 bits per heavy atom. The van der Waals surface area contributed by atoms with Gasteiger partial charge in [0.25, 0.3) is 0 Å². The molecule has 3 aliphatic rings. The number of H-pyrrole nitrogens is 2. The number of imidazole rings is 2. The molecule has 4 amide bonds. The lowest BCUT2D eigenvalue weighted by Gasteiger charge is -2.34. The predicted octanol–water partition coefficient (Wildman–Crippen LogP) is 7.79. The summed E-state index contributed by atoms with van der Waals surface area (Å²) in [4.78, 5) is 73.2. The monoisotopic (exact) mass is 854 g/mol. The quantitative estimate of drug-likeness (QED) is 0.1000. The highest BCUT2D eigenvalue weighted by Gasteiger charge is 2.41. The van der Waals surface area contributed by atoms with Gasteiger partial charge in [-0.15, -0.1) is 0 Å². The largest absolute Gasteiger partial charge is 0.453 e. The van der Waals surface area contributed by atoms with Crippen molar-refractivity contribution in [3.8, 4) is 22.4 Å². The van der Waals surface area contributed by atoms with Crippen LogP contribution in [0.4, 0.5) is 9.59 Å². The molecular weight excluding hydrogens is 801 g/mol. The summed E-state index contributed by atoms with van der Waals surface area (Å²) in [7, 11) is 2.61. The van der Waals surface area contributed by atoms with Crippen LogP contribution >= 0.6 is 0 Å². The smallest absolute Gasteiger partial charge is 0.407 e. The van der Waals surface area contributed by atoms with Crippen LogP contribution in [0.3, 0.4) is 0 Å². The van der Waals surface area contributed by atoms with Crippen molar-refractivity contribution in [3.63, 3.8) is 0 Å². The van der Waals surface area contributed by atoms with Crippen LogP contribution in [0.2, 0.25) is 0 Å². The fourth-order valence-corrected chi connectivity index (χ4v) is 9.83. The summed E-state index contributed by atoms with van der Waals surface area (Å²) in [5.41, 5.74) is 5.73. The van der Waals surface area contributed by atoms with E-state index in [1.54, 1.807) is 0 Å². The van der Waals surface area contributed by atoms with Crippen LogP contribution in [-0.4, -0.2) is 106 Å². The van der Waals surface area contributed by atoms with Gasteiger partial charge in [0.15, 0.2) is 0 Å². The number of carbonyl (C=O) groups excluding carboxylic acids is 4. The topological polar surface area (TPSA) is 184 Å². The molecule has 0 spiro atoms. The molecule has 0 radical (unpaired) electrons. The van der Waals surface area contributed by atoms with E-state index in [0.717, 1.165) is 92.3 Å². The molecule has 0 aliphatic carbocycles. The van der Waals surface area contributed by atoms with E-state index in [9.17, 15) is 19.2 Å². The molecule has 1 unspecified atom stereocenters. The summed E-state index contributed by atoms with van der Waals surface area (Å²) >= 11 is 0. The molecule has 0 saturated carbocycles. The summed E-state index contributed by atoms with van der Waals surface area (Å²) in [6.45, 7) is 6.10. The van der Waals surface area contributed by atoms with Gasteiger partial charge in [-0.25, -0.2) is 19.6 Å². The van der Waals surface area contributed by atoms with Gasteiger partial charge in [-0.2, -0.15) is 0 Å². The minimum absolute atomic E-state index is 0.0348. The van der Waals surface area contributed by atoms with Gasteiger partial charge in [0.1, 0.15) is 23.7 Å². The summed E-state index contributed by atoms with van der Waals surface area (Å²) in [6.07, 6.45) is 5.16. The molecule has 3 fully saturated rings. The van der Waals surface area contributed by atoms with Gasteiger partial charge in [-0.05, 0) is 83.9 Å². The summed E-state index contributed by atoms with van der Waals surface area (Å²) in [5.74, 6) is 1.03. The first-order chi connectivity index (χ1) is 30.6. The zero-order valence-electron chi connectivity index (χ0n) is 36.1. The van der Waals surface area contributed by atoms with Gasteiger partial charge in [-0.3, -0.25) is 9.59 Å². The Hall–Kier alpha value is -6.48. The van der Waals surface area contributed by atoms with Crippen LogP contribution < -0.4 is 10.6 Å². The number of amides is 4. The van der Waals surface area contributed by atoms with Crippen molar-refractivity contribution in [1.82, 2.24) is 40.4 Å². The molecule has 3 saturated heterocycles. The standard InChI is InChI=1S/C48H54N8O7/c1-27(2)39(53-47(59)61-3)45(57)56-22-8-12-38(56)44-51-41-33-10-6-5-9-32(33)35-25-31(17-18-34(35)42(41)52-44)28-13-15-29(16-14-28)36-26-49-43(50-36)37-11-7-21-55(37)46(58)40(54-48(60)62-4)30-19-23-63-24-20-30/h5-6,9-10,13-18,25-27,30,37-40H,7-8,11-12,19-24H2,1-4H3,(H,49,50)(H,51,52)(H,53,59)(H,54,60)/t37-,38-,39-,40?/m0/s1.